The first-order valence-electron chi connectivity index (χ1n) is 6.21. The average Bonchev–Trinajstić information content (AvgIpc) is 2.40. The van der Waals surface area contributed by atoms with Crippen molar-refractivity contribution in [2.24, 2.45) is 10.9 Å². The van der Waals surface area contributed by atoms with Gasteiger partial charge in [0, 0.05) is 24.9 Å². The largest absolute Gasteiger partial charge is 0.317 e. The molecule has 0 unspecified atom stereocenters. The van der Waals surface area contributed by atoms with E-state index in [4.69, 9.17) is 0 Å². The highest BCUT2D eigenvalue weighted by molar-refractivity contribution is 5.79. The van der Waals surface area contributed by atoms with Crippen LogP contribution in [0.2, 0.25) is 0 Å². The minimum atomic E-state index is -0.393. The van der Waals surface area contributed by atoms with E-state index in [-0.39, 0.29) is 5.69 Å². The van der Waals surface area contributed by atoms with E-state index in [9.17, 15) is 10.1 Å². The summed E-state index contributed by atoms with van der Waals surface area (Å²) in [6.07, 6.45) is 4.15. The quantitative estimate of drug-likeness (QED) is 0.503. The number of rotatable bonds is 4. The number of hydrogen-bond acceptors (Lipinski definition) is 4. The Morgan fingerprint density at radius 2 is 2.00 bits per heavy atom. The van der Waals surface area contributed by atoms with E-state index in [1.807, 2.05) is 0 Å². The third-order valence-electron chi connectivity index (χ3n) is 3.17. The average molecular weight is 247 g/mol. The lowest BCUT2D eigenvalue weighted by Crippen LogP contribution is -2.28. The second kappa shape index (κ2) is 6.26. The highest BCUT2D eigenvalue weighted by Gasteiger charge is 2.11. The van der Waals surface area contributed by atoms with Crippen LogP contribution in [0.15, 0.2) is 29.3 Å². The molecule has 18 heavy (non-hydrogen) atoms. The Kier molecular flexibility index (Phi) is 4.41. The lowest BCUT2D eigenvalue weighted by molar-refractivity contribution is -0.384. The van der Waals surface area contributed by atoms with E-state index in [1.165, 1.54) is 25.0 Å². The number of nitro benzene ring substituents is 1. The second-order valence-electron chi connectivity index (χ2n) is 4.54. The molecule has 0 bridgehead atoms. The molecule has 0 spiro atoms. The van der Waals surface area contributed by atoms with Gasteiger partial charge in [0.05, 0.1) is 4.92 Å². The predicted octanol–water partition coefficient (Wildman–Crippen LogP) is 2.01. The molecule has 1 fully saturated rings. The van der Waals surface area contributed by atoms with Gasteiger partial charge in [0.1, 0.15) is 0 Å². The van der Waals surface area contributed by atoms with Crippen molar-refractivity contribution in [1.29, 1.82) is 0 Å². The van der Waals surface area contributed by atoms with Crippen molar-refractivity contribution in [2.75, 3.05) is 19.6 Å². The zero-order valence-corrected chi connectivity index (χ0v) is 10.2. The number of hydrogen-bond donors (Lipinski definition) is 1. The predicted molar refractivity (Wildman–Crippen MR) is 71.2 cm³/mol. The Hall–Kier alpha value is -1.75. The van der Waals surface area contributed by atoms with Crippen LogP contribution in [0.3, 0.4) is 0 Å². The normalized spacial score (nSPS) is 17.1. The van der Waals surface area contributed by atoms with Crippen LogP contribution in [0.25, 0.3) is 0 Å². The highest BCUT2D eigenvalue weighted by Crippen LogP contribution is 2.13. The summed E-state index contributed by atoms with van der Waals surface area (Å²) < 4.78 is 0. The summed E-state index contributed by atoms with van der Waals surface area (Å²) in [5.41, 5.74) is 1.03. The number of non-ortho nitro benzene ring substituents is 1. The number of nitrogens with one attached hydrogen (secondary N) is 1. The lowest BCUT2D eigenvalue weighted by atomic mass is 9.98. The first kappa shape index (κ1) is 12.7. The zero-order chi connectivity index (χ0) is 12.8. The van der Waals surface area contributed by atoms with Gasteiger partial charge in [0.25, 0.3) is 5.69 Å². The van der Waals surface area contributed by atoms with Crippen molar-refractivity contribution in [3.05, 3.63) is 39.9 Å². The van der Waals surface area contributed by atoms with Gasteiger partial charge >= 0.3 is 0 Å². The fourth-order valence-electron chi connectivity index (χ4n) is 2.05. The molecule has 0 saturated carbocycles. The van der Waals surface area contributed by atoms with Gasteiger partial charge in [-0.05, 0) is 49.5 Å². The van der Waals surface area contributed by atoms with Crippen LogP contribution in [0.5, 0.6) is 0 Å². The summed E-state index contributed by atoms with van der Waals surface area (Å²) in [6.45, 7) is 3.01. The molecular formula is C13H17N3O2. The van der Waals surface area contributed by atoms with Crippen LogP contribution in [0, 0.1) is 16.0 Å². The van der Waals surface area contributed by atoms with Crippen molar-refractivity contribution < 1.29 is 4.92 Å². The molecular weight excluding hydrogens is 230 g/mol. The molecule has 0 aliphatic carbocycles. The van der Waals surface area contributed by atoms with Crippen LogP contribution in [0.4, 0.5) is 5.69 Å². The molecule has 5 heteroatoms. The van der Waals surface area contributed by atoms with Crippen LogP contribution >= 0.6 is 0 Å². The number of piperidine rings is 1. The summed E-state index contributed by atoms with van der Waals surface area (Å²) in [6, 6.07) is 6.46. The first-order chi connectivity index (χ1) is 8.75. The standard InChI is InChI=1S/C13H17N3O2/c17-16(18)13-3-1-11(2-4-13)9-15-10-12-5-7-14-8-6-12/h1-4,9,12,14H,5-8,10H2/b15-9+. The Morgan fingerprint density at radius 1 is 1.33 bits per heavy atom. The van der Waals surface area contributed by atoms with E-state index in [1.54, 1.807) is 18.3 Å². The molecule has 1 saturated heterocycles. The molecule has 0 amide bonds. The van der Waals surface area contributed by atoms with Crippen molar-refractivity contribution >= 4 is 11.9 Å². The molecule has 1 N–H and O–H groups in total. The monoisotopic (exact) mass is 247 g/mol. The third kappa shape index (κ3) is 3.63. The van der Waals surface area contributed by atoms with Crippen LogP contribution in [0.1, 0.15) is 18.4 Å². The lowest BCUT2D eigenvalue weighted by Gasteiger charge is -2.20. The topological polar surface area (TPSA) is 67.5 Å². The smallest absolute Gasteiger partial charge is 0.269 e. The Bertz CT molecular complexity index is 422. The Morgan fingerprint density at radius 3 is 2.61 bits per heavy atom. The van der Waals surface area contributed by atoms with Crippen LogP contribution in [-0.4, -0.2) is 30.8 Å². The van der Waals surface area contributed by atoms with Gasteiger partial charge < -0.3 is 5.32 Å². The summed E-state index contributed by atoms with van der Waals surface area (Å²) in [5.74, 6) is 0.667. The number of nitrogens with zero attached hydrogens (tertiary/aromatic N) is 2. The number of benzene rings is 1. The molecule has 0 atom stereocenters. The van der Waals surface area contributed by atoms with Crippen molar-refractivity contribution in [3.63, 3.8) is 0 Å². The summed E-state index contributed by atoms with van der Waals surface area (Å²) in [7, 11) is 0. The summed E-state index contributed by atoms with van der Waals surface area (Å²) in [5, 5.41) is 13.8. The zero-order valence-electron chi connectivity index (χ0n) is 10.2. The SMILES string of the molecule is O=[N+]([O-])c1ccc(/C=N/CC2CCNCC2)cc1. The molecule has 5 nitrogen and oxygen atoms in total. The Balaban J connectivity index is 1.86. The van der Waals surface area contributed by atoms with Gasteiger partial charge in [0.2, 0.25) is 0 Å². The van der Waals surface area contributed by atoms with Crippen molar-refractivity contribution in [3.8, 4) is 0 Å². The van der Waals surface area contributed by atoms with E-state index >= 15 is 0 Å². The van der Waals surface area contributed by atoms with Gasteiger partial charge in [-0.15, -0.1) is 0 Å². The number of aliphatic imine (C=N–C) groups is 1. The number of nitro groups is 1. The van der Waals surface area contributed by atoms with E-state index in [2.05, 4.69) is 10.3 Å². The fourth-order valence-corrected chi connectivity index (χ4v) is 2.05. The van der Waals surface area contributed by atoms with Gasteiger partial charge in [-0.1, -0.05) is 0 Å². The van der Waals surface area contributed by atoms with Crippen LogP contribution < -0.4 is 5.32 Å². The van der Waals surface area contributed by atoms with Gasteiger partial charge in [0.15, 0.2) is 0 Å². The molecule has 0 radical (unpaired) electrons. The highest BCUT2D eigenvalue weighted by atomic mass is 16.6. The molecule has 1 aromatic carbocycles. The van der Waals surface area contributed by atoms with E-state index in [0.717, 1.165) is 25.2 Å². The van der Waals surface area contributed by atoms with Crippen LogP contribution in [-0.2, 0) is 0 Å². The Labute approximate surface area is 106 Å². The maximum atomic E-state index is 10.5. The van der Waals surface area contributed by atoms with Crippen molar-refractivity contribution in [2.45, 2.75) is 12.8 Å². The molecule has 1 aliphatic heterocycles. The first-order valence-corrected chi connectivity index (χ1v) is 6.21. The minimum Gasteiger partial charge on any atom is -0.317 e. The molecule has 1 aliphatic rings. The van der Waals surface area contributed by atoms with Gasteiger partial charge in [-0.2, -0.15) is 0 Å². The fraction of sp³-hybridized carbons (Fsp3) is 0.462. The van der Waals surface area contributed by atoms with E-state index in [0.29, 0.717) is 5.92 Å². The summed E-state index contributed by atoms with van der Waals surface area (Å²) in [4.78, 5) is 14.5. The van der Waals surface area contributed by atoms with E-state index < -0.39 is 4.92 Å². The maximum Gasteiger partial charge on any atom is 0.269 e. The maximum absolute atomic E-state index is 10.5. The minimum absolute atomic E-state index is 0.116. The molecule has 96 valence electrons. The van der Waals surface area contributed by atoms with Crippen molar-refractivity contribution in [1.82, 2.24) is 5.32 Å². The summed E-state index contributed by atoms with van der Waals surface area (Å²) >= 11 is 0. The molecule has 0 aromatic heterocycles. The van der Waals surface area contributed by atoms with Gasteiger partial charge in [-0.25, -0.2) is 0 Å². The van der Waals surface area contributed by atoms with Gasteiger partial charge in [-0.3, -0.25) is 15.1 Å². The molecule has 2 rings (SSSR count). The molecule has 1 heterocycles. The molecule has 1 aromatic rings. The third-order valence-corrected chi connectivity index (χ3v) is 3.17. The second-order valence-corrected chi connectivity index (χ2v) is 4.54.